The van der Waals surface area contributed by atoms with Gasteiger partial charge in [0.15, 0.2) is 0 Å². The summed E-state index contributed by atoms with van der Waals surface area (Å²) in [6.07, 6.45) is 0.916. The quantitative estimate of drug-likeness (QED) is 0.286. The number of halogens is 2. The van der Waals surface area contributed by atoms with Gasteiger partial charge in [-0.1, -0.05) is 78.9 Å². The van der Waals surface area contributed by atoms with Crippen LogP contribution in [0.1, 0.15) is 11.1 Å². The van der Waals surface area contributed by atoms with Gasteiger partial charge in [0, 0.05) is 50.2 Å². The minimum Gasteiger partial charge on any atom is -0.493 e. The fourth-order valence-electron chi connectivity index (χ4n) is 4.47. The van der Waals surface area contributed by atoms with E-state index in [0.29, 0.717) is 6.61 Å². The van der Waals surface area contributed by atoms with Crippen LogP contribution in [0.2, 0.25) is 0 Å². The van der Waals surface area contributed by atoms with Gasteiger partial charge in [-0.3, -0.25) is 4.90 Å². The number of fused-ring (bicyclic) bond motifs is 1. The smallest absolute Gasteiger partial charge is 0.127 e. The molecule has 1 fully saturated rings. The molecule has 4 aromatic carbocycles. The Morgan fingerprint density at radius 1 is 0.618 bits per heavy atom. The van der Waals surface area contributed by atoms with Crippen molar-refractivity contribution >= 4 is 41.3 Å². The highest BCUT2D eigenvalue weighted by atomic mass is 35.5. The first-order valence-corrected chi connectivity index (χ1v) is 11.6. The largest absolute Gasteiger partial charge is 0.493 e. The third-order valence-electron chi connectivity index (χ3n) is 6.32. The Morgan fingerprint density at radius 3 is 2.03 bits per heavy atom. The summed E-state index contributed by atoms with van der Waals surface area (Å²) in [7, 11) is 0. The Labute approximate surface area is 215 Å². The first-order valence-electron chi connectivity index (χ1n) is 11.6. The third-order valence-corrected chi connectivity index (χ3v) is 6.32. The van der Waals surface area contributed by atoms with Gasteiger partial charge in [-0.2, -0.15) is 0 Å². The third kappa shape index (κ3) is 6.44. The Balaban J connectivity index is 0.00000162. The molecular weight excluding hydrogens is 463 g/mol. The van der Waals surface area contributed by atoms with Crippen LogP contribution in [0.5, 0.6) is 5.75 Å². The second kappa shape index (κ2) is 12.7. The first kappa shape index (κ1) is 25.9. The van der Waals surface area contributed by atoms with Gasteiger partial charge >= 0.3 is 0 Å². The predicted molar refractivity (Wildman–Crippen MR) is 148 cm³/mol. The Morgan fingerprint density at radius 2 is 1.26 bits per heavy atom. The minimum absolute atomic E-state index is 0. The van der Waals surface area contributed by atoms with Crippen molar-refractivity contribution in [3.63, 3.8) is 0 Å². The predicted octanol–water partition coefficient (Wildman–Crippen LogP) is 6.63. The molecule has 0 spiro atoms. The van der Waals surface area contributed by atoms with Crippen molar-refractivity contribution < 1.29 is 4.74 Å². The van der Waals surface area contributed by atoms with Crippen molar-refractivity contribution in [1.29, 1.82) is 0 Å². The van der Waals surface area contributed by atoms with E-state index in [-0.39, 0.29) is 24.8 Å². The highest BCUT2D eigenvalue weighted by molar-refractivity contribution is 5.88. The standard InChI is InChI=1S/C29H30N2O.2ClH/c1-2-9-27(10-3-1)31-20-18-30(19-21-31)23-25-15-13-24(14-16-25)17-22-32-29-12-6-8-26-7-4-5-11-28(26)29;;/h1-16H,17-23H2;2*1H. The lowest BCUT2D eigenvalue weighted by atomic mass is 10.1. The van der Waals surface area contributed by atoms with Crippen molar-refractivity contribution in [2.45, 2.75) is 13.0 Å². The molecule has 1 saturated heterocycles. The molecule has 1 heterocycles. The molecule has 0 N–H and O–H groups in total. The van der Waals surface area contributed by atoms with E-state index in [2.05, 4.69) is 107 Å². The van der Waals surface area contributed by atoms with Crippen LogP contribution < -0.4 is 9.64 Å². The molecule has 0 unspecified atom stereocenters. The van der Waals surface area contributed by atoms with Gasteiger partial charge in [-0.25, -0.2) is 0 Å². The highest BCUT2D eigenvalue weighted by Gasteiger charge is 2.17. The maximum absolute atomic E-state index is 6.11. The van der Waals surface area contributed by atoms with E-state index in [9.17, 15) is 0 Å². The summed E-state index contributed by atoms with van der Waals surface area (Å²) in [5.41, 5.74) is 4.04. The molecule has 0 saturated carbocycles. The summed E-state index contributed by atoms with van der Waals surface area (Å²) in [6, 6.07) is 34.4. The Bertz CT molecular complexity index is 1140. The van der Waals surface area contributed by atoms with Crippen LogP contribution >= 0.6 is 24.8 Å². The van der Waals surface area contributed by atoms with Crippen LogP contribution in [0.3, 0.4) is 0 Å². The lowest BCUT2D eigenvalue weighted by molar-refractivity contribution is 0.250. The zero-order chi connectivity index (χ0) is 21.6. The van der Waals surface area contributed by atoms with Gasteiger partial charge in [-0.05, 0) is 34.7 Å². The SMILES string of the molecule is Cl.Cl.c1ccc(N2CCN(Cc3ccc(CCOc4cccc5ccccc45)cc3)CC2)cc1. The summed E-state index contributed by atoms with van der Waals surface area (Å²) in [5, 5.41) is 2.40. The van der Waals surface area contributed by atoms with Crippen molar-refractivity contribution in [3.8, 4) is 5.75 Å². The maximum atomic E-state index is 6.11. The maximum Gasteiger partial charge on any atom is 0.127 e. The normalized spacial score (nSPS) is 13.7. The molecular formula is C29H32Cl2N2O. The summed E-state index contributed by atoms with van der Waals surface area (Å²) in [5.74, 6) is 0.967. The fraction of sp³-hybridized carbons (Fsp3) is 0.241. The van der Waals surface area contributed by atoms with Crippen LogP contribution in [0.4, 0.5) is 5.69 Å². The molecule has 4 aromatic rings. The minimum atomic E-state index is 0. The number of benzene rings is 4. The summed E-state index contributed by atoms with van der Waals surface area (Å²) in [6.45, 7) is 6.11. The molecule has 1 aliphatic rings. The van der Waals surface area contributed by atoms with E-state index in [1.165, 1.54) is 27.6 Å². The van der Waals surface area contributed by atoms with Crippen molar-refractivity contribution in [2.75, 3.05) is 37.7 Å². The number of ether oxygens (including phenoxy) is 1. The van der Waals surface area contributed by atoms with Crippen LogP contribution in [-0.2, 0) is 13.0 Å². The molecule has 5 rings (SSSR count). The molecule has 0 amide bonds. The summed E-state index contributed by atoms with van der Waals surface area (Å²) >= 11 is 0. The number of nitrogens with zero attached hydrogens (tertiary/aromatic N) is 2. The number of rotatable bonds is 7. The van der Waals surface area contributed by atoms with Crippen molar-refractivity contribution in [2.24, 2.45) is 0 Å². The molecule has 0 aliphatic carbocycles. The van der Waals surface area contributed by atoms with Crippen LogP contribution in [0.15, 0.2) is 97.1 Å². The van der Waals surface area contributed by atoms with Crippen LogP contribution in [0.25, 0.3) is 10.8 Å². The van der Waals surface area contributed by atoms with Crippen molar-refractivity contribution in [3.05, 3.63) is 108 Å². The average Bonchev–Trinajstić information content (AvgIpc) is 2.86. The topological polar surface area (TPSA) is 15.7 Å². The average molecular weight is 495 g/mol. The van der Waals surface area contributed by atoms with E-state index < -0.39 is 0 Å². The van der Waals surface area contributed by atoms with E-state index in [1.54, 1.807) is 0 Å². The van der Waals surface area contributed by atoms with Gasteiger partial charge in [0.05, 0.1) is 6.61 Å². The van der Waals surface area contributed by atoms with E-state index in [1.807, 2.05) is 0 Å². The van der Waals surface area contributed by atoms with Gasteiger partial charge < -0.3 is 9.64 Å². The van der Waals surface area contributed by atoms with E-state index >= 15 is 0 Å². The second-order valence-electron chi connectivity index (χ2n) is 8.49. The number of para-hydroxylation sites is 1. The lowest BCUT2D eigenvalue weighted by Gasteiger charge is -2.36. The molecule has 0 radical (unpaired) electrons. The zero-order valence-electron chi connectivity index (χ0n) is 19.3. The number of piperazine rings is 1. The lowest BCUT2D eigenvalue weighted by Crippen LogP contribution is -2.45. The van der Waals surface area contributed by atoms with Gasteiger partial charge in [0.1, 0.15) is 5.75 Å². The molecule has 0 bridgehead atoms. The molecule has 34 heavy (non-hydrogen) atoms. The zero-order valence-corrected chi connectivity index (χ0v) is 20.9. The number of hydrogen-bond donors (Lipinski definition) is 0. The second-order valence-corrected chi connectivity index (χ2v) is 8.49. The van der Waals surface area contributed by atoms with E-state index in [4.69, 9.17) is 4.74 Å². The highest BCUT2D eigenvalue weighted by Crippen LogP contribution is 2.25. The fourth-order valence-corrected chi connectivity index (χ4v) is 4.47. The number of anilines is 1. The number of hydrogen-bond acceptors (Lipinski definition) is 3. The molecule has 1 aliphatic heterocycles. The summed E-state index contributed by atoms with van der Waals surface area (Å²) in [4.78, 5) is 5.04. The molecule has 0 atom stereocenters. The van der Waals surface area contributed by atoms with E-state index in [0.717, 1.165) is 44.9 Å². The van der Waals surface area contributed by atoms with Gasteiger partial charge in [-0.15, -0.1) is 24.8 Å². The van der Waals surface area contributed by atoms with Crippen LogP contribution in [0, 0.1) is 0 Å². The van der Waals surface area contributed by atoms with Crippen molar-refractivity contribution in [1.82, 2.24) is 4.90 Å². The van der Waals surface area contributed by atoms with Gasteiger partial charge in [0.25, 0.3) is 0 Å². The van der Waals surface area contributed by atoms with Crippen LogP contribution in [-0.4, -0.2) is 37.7 Å². The Kier molecular flexibility index (Phi) is 9.64. The Hall–Kier alpha value is -2.72. The summed E-state index contributed by atoms with van der Waals surface area (Å²) < 4.78 is 6.11. The molecule has 5 heteroatoms. The first-order chi connectivity index (χ1) is 15.8. The monoisotopic (exact) mass is 494 g/mol. The molecule has 3 nitrogen and oxygen atoms in total. The van der Waals surface area contributed by atoms with Gasteiger partial charge in [0.2, 0.25) is 0 Å². The molecule has 178 valence electrons. The molecule has 0 aromatic heterocycles.